The van der Waals surface area contributed by atoms with E-state index in [-0.39, 0.29) is 11.9 Å². The number of amides is 1. The van der Waals surface area contributed by atoms with Crippen LogP contribution >= 0.6 is 0 Å². The Hall–Kier alpha value is -1.86. The first-order chi connectivity index (χ1) is 9.76. The van der Waals surface area contributed by atoms with Crippen molar-refractivity contribution in [2.45, 2.75) is 40.2 Å². The van der Waals surface area contributed by atoms with Crippen molar-refractivity contribution < 1.29 is 9.28 Å². The average molecular weight is 288 g/mol. The van der Waals surface area contributed by atoms with Gasteiger partial charge in [-0.1, -0.05) is 19.1 Å². The van der Waals surface area contributed by atoms with E-state index in [1.165, 1.54) is 0 Å². The summed E-state index contributed by atoms with van der Waals surface area (Å²) < 4.78 is 0.667. The second-order valence-electron chi connectivity index (χ2n) is 6.07. The first-order valence-corrected chi connectivity index (χ1v) is 7.39. The highest BCUT2D eigenvalue weighted by Crippen LogP contribution is 2.27. The lowest BCUT2D eigenvalue weighted by Gasteiger charge is -2.35. The van der Waals surface area contributed by atoms with Crippen molar-refractivity contribution >= 4 is 17.3 Å². The van der Waals surface area contributed by atoms with Crippen LogP contribution < -0.4 is 5.32 Å². The second kappa shape index (κ2) is 6.73. The molecular formula is C17H26N3O+. The van der Waals surface area contributed by atoms with Crippen molar-refractivity contribution in [2.24, 2.45) is 0 Å². The topological polar surface area (TPSA) is 33.5 Å². The van der Waals surface area contributed by atoms with Gasteiger partial charge in [-0.2, -0.15) is 0 Å². The van der Waals surface area contributed by atoms with Crippen molar-refractivity contribution in [3.63, 3.8) is 0 Å². The maximum atomic E-state index is 12.6. The molecule has 4 heteroatoms. The lowest BCUT2D eigenvalue weighted by atomic mass is 10.1. The zero-order valence-corrected chi connectivity index (χ0v) is 13.9. The molecule has 4 nitrogen and oxygen atoms in total. The minimum absolute atomic E-state index is 0.0473. The number of aryl methyl sites for hydroxylation is 2. The lowest BCUT2D eigenvalue weighted by molar-refractivity contribution is -0.904. The number of carbonyl (C=O) groups excluding carboxylic acids is 1. The quantitative estimate of drug-likeness (QED) is 0.651. The van der Waals surface area contributed by atoms with Crippen molar-refractivity contribution in [3.8, 4) is 0 Å². The van der Waals surface area contributed by atoms with Crippen LogP contribution in [0.25, 0.3) is 4.85 Å². The number of nitrogens with one attached hydrogen (secondary N) is 1. The Balaban J connectivity index is 3.06. The molecule has 0 heterocycles. The van der Waals surface area contributed by atoms with E-state index < -0.39 is 0 Å². The summed E-state index contributed by atoms with van der Waals surface area (Å²) in [6.07, 6.45) is 0.797. The van der Waals surface area contributed by atoms with E-state index in [2.05, 4.69) is 31.2 Å². The van der Waals surface area contributed by atoms with Crippen LogP contribution in [0.1, 0.15) is 31.4 Å². The van der Waals surface area contributed by atoms with Gasteiger partial charge < -0.3 is 9.80 Å². The summed E-state index contributed by atoms with van der Waals surface area (Å²) in [5.74, 6) is 0.0473. The molecule has 1 amide bonds. The highest BCUT2D eigenvalue weighted by molar-refractivity contribution is 5.95. The molecule has 21 heavy (non-hydrogen) atoms. The minimum Gasteiger partial charge on any atom is -0.321 e. The van der Waals surface area contributed by atoms with Crippen LogP contribution in [0.15, 0.2) is 12.1 Å². The molecule has 1 unspecified atom stereocenters. The number of carbonyl (C=O) groups is 1. The first kappa shape index (κ1) is 17.2. The van der Waals surface area contributed by atoms with Crippen LogP contribution in [0.3, 0.4) is 0 Å². The molecule has 0 saturated heterocycles. The third kappa shape index (κ3) is 3.83. The van der Waals surface area contributed by atoms with E-state index in [0.717, 1.165) is 29.8 Å². The van der Waals surface area contributed by atoms with Crippen LogP contribution in [0.4, 0.5) is 11.4 Å². The standard InChI is InChI=1S/C17H25N3O/c1-8-15(20(6,7)9-2)17(21)19-16-12(3)10-14(18-5)11-13(16)4/h10-11,15H,8-9H2,1-4,6-7H3/p+1. The molecule has 1 aromatic rings. The zero-order valence-electron chi connectivity index (χ0n) is 13.9. The molecule has 0 aliphatic carbocycles. The number of rotatable bonds is 5. The Morgan fingerprint density at radius 2 is 1.81 bits per heavy atom. The van der Waals surface area contributed by atoms with Crippen LogP contribution in [0.2, 0.25) is 0 Å². The van der Waals surface area contributed by atoms with Crippen LogP contribution in [-0.4, -0.2) is 37.1 Å². The van der Waals surface area contributed by atoms with E-state index in [4.69, 9.17) is 6.57 Å². The van der Waals surface area contributed by atoms with Gasteiger partial charge in [0.25, 0.3) is 5.91 Å². The molecule has 0 aromatic heterocycles. The minimum atomic E-state index is -0.0747. The van der Waals surface area contributed by atoms with Gasteiger partial charge in [0.1, 0.15) is 0 Å². The van der Waals surface area contributed by atoms with Gasteiger partial charge in [-0.25, -0.2) is 4.85 Å². The fraction of sp³-hybridized carbons (Fsp3) is 0.529. The number of quaternary nitrogens is 1. The highest BCUT2D eigenvalue weighted by Gasteiger charge is 2.32. The van der Waals surface area contributed by atoms with Gasteiger partial charge in [0.05, 0.1) is 27.2 Å². The van der Waals surface area contributed by atoms with Gasteiger partial charge in [-0.15, -0.1) is 0 Å². The molecule has 1 aromatic carbocycles. The summed E-state index contributed by atoms with van der Waals surface area (Å²) >= 11 is 0. The normalized spacial score (nSPS) is 12.6. The van der Waals surface area contributed by atoms with Crippen molar-refractivity contribution in [1.82, 2.24) is 0 Å². The second-order valence-corrected chi connectivity index (χ2v) is 6.07. The first-order valence-electron chi connectivity index (χ1n) is 7.39. The van der Waals surface area contributed by atoms with E-state index >= 15 is 0 Å². The summed E-state index contributed by atoms with van der Waals surface area (Å²) in [5, 5.41) is 3.06. The molecule has 1 N–H and O–H groups in total. The number of nitrogens with zero attached hydrogens (tertiary/aromatic N) is 2. The fourth-order valence-corrected chi connectivity index (χ4v) is 2.63. The van der Waals surface area contributed by atoms with Gasteiger partial charge in [-0.3, -0.25) is 4.79 Å². The van der Waals surface area contributed by atoms with E-state index in [1.54, 1.807) is 0 Å². The molecule has 0 radical (unpaired) electrons. The number of hydrogen-bond donors (Lipinski definition) is 1. The lowest BCUT2D eigenvalue weighted by Crippen LogP contribution is -2.54. The Morgan fingerprint density at radius 3 is 2.19 bits per heavy atom. The zero-order chi connectivity index (χ0) is 16.2. The Morgan fingerprint density at radius 1 is 1.29 bits per heavy atom. The maximum absolute atomic E-state index is 12.6. The molecule has 1 rings (SSSR count). The SMILES string of the molecule is [C-]#[N+]c1cc(C)c(NC(=O)C(CC)[N+](C)(C)CC)c(C)c1. The molecule has 0 fully saturated rings. The van der Waals surface area contributed by atoms with Crippen LogP contribution in [-0.2, 0) is 4.79 Å². The van der Waals surface area contributed by atoms with Gasteiger partial charge in [0.15, 0.2) is 11.7 Å². The van der Waals surface area contributed by atoms with Gasteiger partial charge in [0, 0.05) is 12.1 Å². The molecular weight excluding hydrogens is 262 g/mol. The van der Waals surface area contributed by atoms with Crippen molar-refractivity contribution in [3.05, 3.63) is 34.7 Å². The molecule has 1 atom stereocenters. The summed E-state index contributed by atoms with van der Waals surface area (Å²) in [7, 11) is 4.16. The third-order valence-corrected chi connectivity index (χ3v) is 4.24. The number of hydrogen-bond acceptors (Lipinski definition) is 1. The van der Waals surface area contributed by atoms with Gasteiger partial charge >= 0.3 is 0 Å². The average Bonchev–Trinajstić information content (AvgIpc) is 2.43. The molecule has 0 aliphatic rings. The predicted molar refractivity (Wildman–Crippen MR) is 87.5 cm³/mol. The fourth-order valence-electron chi connectivity index (χ4n) is 2.63. The number of benzene rings is 1. The summed E-state index contributed by atoms with van der Waals surface area (Å²) in [5.41, 5.74) is 3.32. The third-order valence-electron chi connectivity index (χ3n) is 4.24. The maximum Gasteiger partial charge on any atom is 0.282 e. The van der Waals surface area contributed by atoms with Gasteiger partial charge in [-0.05, 0) is 31.9 Å². The summed E-state index contributed by atoms with van der Waals surface area (Å²) in [6.45, 7) is 16.0. The largest absolute Gasteiger partial charge is 0.321 e. The smallest absolute Gasteiger partial charge is 0.282 e. The molecule has 0 bridgehead atoms. The van der Waals surface area contributed by atoms with Crippen molar-refractivity contribution in [2.75, 3.05) is 26.0 Å². The molecule has 114 valence electrons. The molecule has 0 saturated carbocycles. The summed E-state index contributed by atoms with van der Waals surface area (Å²) in [4.78, 5) is 16.1. The Kier molecular flexibility index (Phi) is 5.51. The monoisotopic (exact) mass is 288 g/mol. The van der Waals surface area contributed by atoms with Crippen LogP contribution in [0, 0.1) is 20.4 Å². The molecule has 0 aliphatic heterocycles. The summed E-state index contributed by atoms with van der Waals surface area (Å²) in [6, 6.07) is 3.56. The highest BCUT2D eigenvalue weighted by atomic mass is 16.2. The van der Waals surface area contributed by atoms with E-state index in [9.17, 15) is 4.79 Å². The Labute approximate surface area is 128 Å². The Bertz CT molecular complexity index is 547. The molecule has 0 spiro atoms. The van der Waals surface area contributed by atoms with E-state index in [1.807, 2.05) is 32.9 Å². The van der Waals surface area contributed by atoms with Crippen LogP contribution in [0.5, 0.6) is 0 Å². The number of likely N-dealkylation sites (N-methyl/N-ethyl adjacent to an activating group) is 1. The predicted octanol–water partition coefficient (Wildman–Crippen LogP) is 3.67. The van der Waals surface area contributed by atoms with Gasteiger partial charge in [0.2, 0.25) is 0 Å². The van der Waals surface area contributed by atoms with E-state index in [0.29, 0.717) is 10.2 Å². The van der Waals surface area contributed by atoms with Crippen molar-refractivity contribution in [1.29, 1.82) is 0 Å². The number of anilines is 1.